The predicted octanol–water partition coefficient (Wildman–Crippen LogP) is 1.44. The fourth-order valence-corrected chi connectivity index (χ4v) is 2.60. The van der Waals surface area contributed by atoms with Crippen molar-refractivity contribution in [3.63, 3.8) is 0 Å². The van der Waals surface area contributed by atoms with E-state index in [2.05, 4.69) is 18.9 Å². The molecule has 0 aromatic heterocycles. The maximum atomic E-state index is 12.6. The number of anilines is 1. The van der Waals surface area contributed by atoms with Crippen molar-refractivity contribution >= 4 is 11.6 Å². The molecule has 0 spiro atoms. The Balaban J connectivity index is 2.15. The highest BCUT2D eigenvalue weighted by Crippen LogP contribution is 2.22. The molecule has 2 N–H and O–H groups in total. The topological polar surface area (TPSA) is 58.8 Å². The van der Waals surface area contributed by atoms with Crippen LogP contribution in [0.15, 0.2) is 18.2 Å². The van der Waals surface area contributed by atoms with Gasteiger partial charge in [0.05, 0.1) is 12.7 Å². The van der Waals surface area contributed by atoms with Crippen LogP contribution < -0.4 is 10.5 Å². The number of nitrogen functional groups attached to an aromatic ring is 1. The number of likely N-dealkylation sites (N-methyl/N-ethyl adjacent to an activating group) is 1. The third kappa shape index (κ3) is 2.88. The maximum Gasteiger partial charge on any atom is 0.256 e. The first-order valence-corrected chi connectivity index (χ1v) is 6.99. The molecule has 1 unspecified atom stereocenters. The van der Waals surface area contributed by atoms with E-state index < -0.39 is 0 Å². The van der Waals surface area contributed by atoms with Crippen molar-refractivity contribution in [2.24, 2.45) is 0 Å². The average Bonchev–Trinajstić information content (AvgIpc) is 2.47. The molecule has 0 aliphatic carbocycles. The molecule has 110 valence electrons. The Hall–Kier alpha value is -1.75. The van der Waals surface area contributed by atoms with Crippen LogP contribution in [0.5, 0.6) is 5.75 Å². The summed E-state index contributed by atoms with van der Waals surface area (Å²) in [5.74, 6) is 0.681. The van der Waals surface area contributed by atoms with Gasteiger partial charge in [-0.1, -0.05) is 6.92 Å². The van der Waals surface area contributed by atoms with Gasteiger partial charge in [0.15, 0.2) is 0 Å². The number of hydrogen-bond acceptors (Lipinski definition) is 4. The number of carbonyl (C=O) groups excluding carboxylic acids is 1. The lowest BCUT2D eigenvalue weighted by Gasteiger charge is -2.39. The van der Waals surface area contributed by atoms with Crippen LogP contribution in [0, 0.1) is 0 Å². The molecule has 0 bridgehead atoms. The Morgan fingerprint density at radius 2 is 2.20 bits per heavy atom. The van der Waals surface area contributed by atoms with Crippen LogP contribution in [0.2, 0.25) is 0 Å². The Kier molecular flexibility index (Phi) is 4.49. The Morgan fingerprint density at radius 3 is 2.80 bits per heavy atom. The second kappa shape index (κ2) is 6.13. The summed E-state index contributed by atoms with van der Waals surface area (Å²) in [5, 5.41) is 0. The quantitative estimate of drug-likeness (QED) is 0.849. The van der Waals surface area contributed by atoms with Gasteiger partial charge in [0, 0.05) is 37.4 Å². The normalized spacial score (nSPS) is 19.9. The maximum absolute atomic E-state index is 12.6. The second-order valence-corrected chi connectivity index (χ2v) is 5.25. The van der Waals surface area contributed by atoms with E-state index in [4.69, 9.17) is 10.5 Å². The molecule has 1 aromatic rings. The number of amides is 1. The summed E-state index contributed by atoms with van der Waals surface area (Å²) in [5.41, 5.74) is 6.99. The van der Waals surface area contributed by atoms with E-state index in [1.807, 2.05) is 4.90 Å². The number of benzene rings is 1. The molecular weight excluding hydrogens is 254 g/mol. The molecule has 1 aliphatic rings. The highest BCUT2D eigenvalue weighted by molar-refractivity contribution is 5.99. The molecule has 1 heterocycles. The minimum Gasteiger partial charge on any atom is -0.497 e. The second-order valence-electron chi connectivity index (χ2n) is 5.25. The summed E-state index contributed by atoms with van der Waals surface area (Å²) in [6.07, 6.45) is 1.04. The number of hydrogen-bond donors (Lipinski definition) is 1. The zero-order valence-electron chi connectivity index (χ0n) is 12.4. The van der Waals surface area contributed by atoms with E-state index in [-0.39, 0.29) is 5.91 Å². The minimum absolute atomic E-state index is 0.0108. The summed E-state index contributed by atoms with van der Waals surface area (Å²) in [7, 11) is 3.69. The number of rotatable bonds is 3. The lowest BCUT2D eigenvalue weighted by Crippen LogP contribution is -2.53. The Labute approximate surface area is 120 Å². The van der Waals surface area contributed by atoms with Gasteiger partial charge in [-0.15, -0.1) is 0 Å². The molecule has 1 saturated heterocycles. The standard InChI is InChI=1S/C15H23N3O2/c1-4-11-10-18(8-7-17(11)2)15(19)13-6-5-12(20-3)9-14(13)16/h5-6,9,11H,4,7-8,10,16H2,1-3H3. The molecule has 1 amide bonds. The third-order valence-electron chi connectivity index (χ3n) is 4.02. The van der Waals surface area contributed by atoms with E-state index in [1.54, 1.807) is 25.3 Å². The van der Waals surface area contributed by atoms with Crippen LogP contribution in [-0.2, 0) is 0 Å². The minimum atomic E-state index is 0.0108. The number of nitrogens with zero attached hydrogens (tertiary/aromatic N) is 2. The number of carbonyl (C=O) groups is 1. The molecule has 0 radical (unpaired) electrons. The van der Waals surface area contributed by atoms with Crippen molar-refractivity contribution in [1.29, 1.82) is 0 Å². The smallest absolute Gasteiger partial charge is 0.256 e. The largest absolute Gasteiger partial charge is 0.497 e. The number of ether oxygens (including phenoxy) is 1. The third-order valence-corrected chi connectivity index (χ3v) is 4.02. The summed E-state index contributed by atoms with van der Waals surface area (Å²) in [6, 6.07) is 5.64. The summed E-state index contributed by atoms with van der Waals surface area (Å²) >= 11 is 0. The Bertz CT molecular complexity index is 490. The molecule has 1 aromatic carbocycles. The van der Waals surface area contributed by atoms with E-state index in [1.165, 1.54) is 0 Å². The molecule has 0 saturated carbocycles. The monoisotopic (exact) mass is 277 g/mol. The molecule has 20 heavy (non-hydrogen) atoms. The summed E-state index contributed by atoms with van der Waals surface area (Å²) in [4.78, 5) is 16.8. The number of methoxy groups -OCH3 is 1. The molecule has 1 aliphatic heterocycles. The van der Waals surface area contributed by atoms with Crippen LogP contribution in [0.1, 0.15) is 23.7 Å². The summed E-state index contributed by atoms with van der Waals surface area (Å²) < 4.78 is 5.11. The van der Waals surface area contributed by atoms with Gasteiger partial charge in [-0.2, -0.15) is 0 Å². The first-order valence-electron chi connectivity index (χ1n) is 6.99. The van der Waals surface area contributed by atoms with Gasteiger partial charge >= 0.3 is 0 Å². The predicted molar refractivity (Wildman–Crippen MR) is 80.0 cm³/mol. The number of nitrogens with two attached hydrogens (primary N) is 1. The molecule has 2 rings (SSSR count). The van der Waals surface area contributed by atoms with Gasteiger partial charge in [-0.3, -0.25) is 9.69 Å². The molecule has 5 heteroatoms. The van der Waals surface area contributed by atoms with Gasteiger partial charge in [0.2, 0.25) is 0 Å². The zero-order valence-corrected chi connectivity index (χ0v) is 12.4. The van der Waals surface area contributed by atoms with Gasteiger partial charge in [0.1, 0.15) is 5.75 Å². The highest BCUT2D eigenvalue weighted by Gasteiger charge is 2.27. The molecule has 1 fully saturated rings. The fourth-order valence-electron chi connectivity index (χ4n) is 2.60. The van der Waals surface area contributed by atoms with E-state index >= 15 is 0 Å². The van der Waals surface area contributed by atoms with Gasteiger partial charge in [-0.25, -0.2) is 0 Å². The molecule has 1 atom stereocenters. The van der Waals surface area contributed by atoms with Crippen molar-refractivity contribution in [1.82, 2.24) is 9.80 Å². The first kappa shape index (κ1) is 14.7. The lowest BCUT2D eigenvalue weighted by atomic mass is 10.1. The van der Waals surface area contributed by atoms with Crippen LogP contribution >= 0.6 is 0 Å². The van der Waals surface area contributed by atoms with Crippen LogP contribution in [0.3, 0.4) is 0 Å². The van der Waals surface area contributed by atoms with Gasteiger partial charge in [0.25, 0.3) is 5.91 Å². The van der Waals surface area contributed by atoms with Crippen LogP contribution in [0.25, 0.3) is 0 Å². The van der Waals surface area contributed by atoms with E-state index in [0.29, 0.717) is 23.0 Å². The fraction of sp³-hybridized carbons (Fsp3) is 0.533. The summed E-state index contributed by atoms with van der Waals surface area (Å²) in [6.45, 7) is 4.56. The Morgan fingerprint density at radius 1 is 1.45 bits per heavy atom. The van der Waals surface area contributed by atoms with Crippen molar-refractivity contribution in [2.75, 3.05) is 39.5 Å². The van der Waals surface area contributed by atoms with Crippen LogP contribution in [0.4, 0.5) is 5.69 Å². The highest BCUT2D eigenvalue weighted by atomic mass is 16.5. The van der Waals surface area contributed by atoms with Crippen LogP contribution in [-0.4, -0.2) is 55.5 Å². The van der Waals surface area contributed by atoms with Crippen molar-refractivity contribution in [3.8, 4) is 5.75 Å². The van der Waals surface area contributed by atoms with E-state index in [9.17, 15) is 4.79 Å². The SMILES string of the molecule is CCC1CN(C(=O)c2ccc(OC)cc2N)CCN1C. The first-order chi connectivity index (χ1) is 9.56. The van der Waals surface area contributed by atoms with Crippen molar-refractivity contribution < 1.29 is 9.53 Å². The molecular formula is C15H23N3O2. The van der Waals surface area contributed by atoms with Crippen molar-refractivity contribution in [3.05, 3.63) is 23.8 Å². The number of piperazine rings is 1. The van der Waals surface area contributed by atoms with Crippen molar-refractivity contribution in [2.45, 2.75) is 19.4 Å². The van der Waals surface area contributed by atoms with E-state index in [0.717, 1.165) is 26.1 Å². The molecule has 5 nitrogen and oxygen atoms in total. The lowest BCUT2D eigenvalue weighted by molar-refractivity contribution is 0.0543. The zero-order chi connectivity index (χ0) is 14.7. The van der Waals surface area contributed by atoms with Gasteiger partial charge < -0.3 is 15.4 Å². The van der Waals surface area contributed by atoms with Gasteiger partial charge in [-0.05, 0) is 25.6 Å². The average molecular weight is 277 g/mol.